The van der Waals surface area contributed by atoms with Gasteiger partial charge in [-0.2, -0.15) is 13.2 Å². The van der Waals surface area contributed by atoms with Crippen LogP contribution in [-0.4, -0.2) is 47.7 Å². The van der Waals surface area contributed by atoms with Crippen LogP contribution in [0, 0.1) is 12.7 Å². The molecule has 11 heteroatoms. The lowest BCUT2D eigenvalue weighted by molar-refractivity contribution is -0.140. The molecule has 166 valence electrons. The standard InChI is InChI=1S/C20H19F4N3O4/c1-9-11-5-6-27(17(11)26-8-25-9)18-15(29)19(2,30)16(31-18)14(28)10-3-4-13(21)12(7-10)20(22,23)24/h3-8,14-16,18,28-30H,1-2H3/t14?,15-,16+,18+,19-/m0/s1. The number of halogens is 4. The fraction of sp³-hybridized carbons (Fsp3) is 0.400. The molecule has 0 radical (unpaired) electrons. The maximum atomic E-state index is 13.6. The van der Waals surface area contributed by atoms with Gasteiger partial charge in [-0.3, -0.25) is 0 Å². The van der Waals surface area contributed by atoms with Crippen LogP contribution >= 0.6 is 0 Å². The van der Waals surface area contributed by atoms with Crippen molar-refractivity contribution in [3.05, 3.63) is 59.4 Å². The van der Waals surface area contributed by atoms with Crippen molar-refractivity contribution in [3.8, 4) is 0 Å². The third-order valence-electron chi connectivity index (χ3n) is 5.64. The number of nitrogens with zero attached hydrogens (tertiary/aromatic N) is 3. The molecule has 3 heterocycles. The van der Waals surface area contributed by atoms with Gasteiger partial charge in [0.25, 0.3) is 0 Å². The second kappa shape index (κ2) is 7.23. The van der Waals surface area contributed by atoms with Gasteiger partial charge >= 0.3 is 6.18 Å². The van der Waals surface area contributed by atoms with Gasteiger partial charge in [0, 0.05) is 11.6 Å². The molecule has 31 heavy (non-hydrogen) atoms. The zero-order valence-corrected chi connectivity index (χ0v) is 16.4. The van der Waals surface area contributed by atoms with Gasteiger partial charge in [-0.15, -0.1) is 0 Å². The predicted octanol–water partition coefficient (Wildman–Crippen LogP) is 2.64. The largest absolute Gasteiger partial charge is 0.419 e. The van der Waals surface area contributed by atoms with Gasteiger partial charge in [0.15, 0.2) is 6.23 Å². The van der Waals surface area contributed by atoms with E-state index in [4.69, 9.17) is 4.74 Å². The molecule has 1 aliphatic heterocycles. The summed E-state index contributed by atoms with van der Waals surface area (Å²) in [5, 5.41) is 33.0. The van der Waals surface area contributed by atoms with Gasteiger partial charge in [-0.1, -0.05) is 6.07 Å². The van der Waals surface area contributed by atoms with Gasteiger partial charge in [-0.25, -0.2) is 14.4 Å². The Kier molecular flexibility index (Phi) is 5.04. The SMILES string of the molecule is Cc1ncnc2c1ccn2[C@@H]1O[C@H](C(O)c2ccc(F)c(C(F)(F)F)c2)[C@@](C)(O)[C@H]1O. The summed E-state index contributed by atoms with van der Waals surface area (Å²) in [5.74, 6) is -1.49. The predicted molar refractivity (Wildman–Crippen MR) is 99.2 cm³/mol. The number of alkyl halides is 3. The number of aryl methyl sites for hydroxylation is 1. The Morgan fingerprint density at radius 2 is 1.94 bits per heavy atom. The van der Waals surface area contributed by atoms with Crippen LogP contribution in [0.25, 0.3) is 11.0 Å². The molecule has 1 fully saturated rings. The van der Waals surface area contributed by atoms with Crippen molar-refractivity contribution in [1.29, 1.82) is 0 Å². The number of aromatic nitrogens is 3. The van der Waals surface area contributed by atoms with E-state index in [9.17, 15) is 32.9 Å². The Labute approximate surface area is 173 Å². The molecule has 0 aliphatic carbocycles. The van der Waals surface area contributed by atoms with Gasteiger partial charge < -0.3 is 24.6 Å². The molecular formula is C20H19F4N3O4. The minimum atomic E-state index is -4.97. The normalized spacial score (nSPS) is 27.7. The van der Waals surface area contributed by atoms with Crippen molar-refractivity contribution in [2.75, 3.05) is 0 Å². The molecule has 5 atom stereocenters. The molecule has 1 unspecified atom stereocenters. The highest BCUT2D eigenvalue weighted by Crippen LogP contribution is 2.44. The zero-order valence-electron chi connectivity index (χ0n) is 16.4. The van der Waals surface area contributed by atoms with Crippen LogP contribution in [0.1, 0.15) is 36.1 Å². The summed E-state index contributed by atoms with van der Waals surface area (Å²) in [7, 11) is 0. The highest BCUT2D eigenvalue weighted by molar-refractivity contribution is 5.78. The third kappa shape index (κ3) is 3.47. The maximum Gasteiger partial charge on any atom is 0.419 e. The lowest BCUT2D eigenvalue weighted by Gasteiger charge is -2.30. The van der Waals surface area contributed by atoms with Crippen LogP contribution in [0.2, 0.25) is 0 Å². The summed E-state index contributed by atoms with van der Waals surface area (Å²) < 4.78 is 60.0. The molecule has 7 nitrogen and oxygen atoms in total. The van der Waals surface area contributed by atoms with Crippen LogP contribution in [0.15, 0.2) is 36.8 Å². The van der Waals surface area contributed by atoms with Crippen molar-refractivity contribution in [2.45, 2.75) is 50.2 Å². The lowest BCUT2D eigenvalue weighted by Crippen LogP contribution is -2.47. The molecule has 1 aromatic carbocycles. The fourth-order valence-electron chi connectivity index (χ4n) is 3.85. The van der Waals surface area contributed by atoms with Crippen molar-refractivity contribution in [3.63, 3.8) is 0 Å². The molecule has 0 bridgehead atoms. The van der Waals surface area contributed by atoms with E-state index in [1.807, 2.05) is 0 Å². The zero-order chi connectivity index (χ0) is 22.7. The molecule has 2 aromatic heterocycles. The molecule has 3 N–H and O–H groups in total. The van der Waals surface area contributed by atoms with E-state index in [1.54, 1.807) is 19.2 Å². The molecule has 3 aromatic rings. The van der Waals surface area contributed by atoms with Crippen molar-refractivity contribution < 1.29 is 37.6 Å². The highest BCUT2D eigenvalue weighted by Gasteiger charge is 2.56. The highest BCUT2D eigenvalue weighted by atomic mass is 19.4. The Morgan fingerprint density at radius 1 is 1.23 bits per heavy atom. The van der Waals surface area contributed by atoms with Gasteiger partial charge in [-0.05, 0) is 37.6 Å². The van der Waals surface area contributed by atoms with E-state index in [2.05, 4.69) is 9.97 Å². The van der Waals surface area contributed by atoms with E-state index in [-0.39, 0.29) is 5.56 Å². The molecule has 1 aliphatic rings. The minimum Gasteiger partial charge on any atom is -0.386 e. The number of aliphatic hydroxyl groups excluding tert-OH is 2. The Morgan fingerprint density at radius 3 is 2.61 bits per heavy atom. The van der Waals surface area contributed by atoms with E-state index in [1.165, 1.54) is 17.8 Å². The van der Waals surface area contributed by atoms with Crippen molar-refractivity contribution in [1.82, 2.24) is 14.5 Å². The number of rotatable bonds is 3. The van der Waals surface area contributed by atoms with E-state index < -0.39 is 47.7 Å². The second-order valence-electron chi connectivity index (χ2n) is 7.72. The van der Waals surface area contributed by atoms with Crippen LogP contribution in [0.4, 0.5) is 17.6 Å². The van der Waals surface area contributed by atoms with Crippen LogP contribution in [0.3, 0.4) is 0 Å². The van der Waals surface area contributed by atoms with Crippen LogP contribution in [-0.2, 0) is 10.9 Å². The number of aliphatic hydroxyl groups is 3. The summed E-state index contributed by atoms with van der Waals surface area (Å²) in [6, 6.07) is 3.70. The average molecular weight is 441 g/mol. The summed E-state index contributed by atoms with van der Waals surface area (Å²) in [4.78, 5) is 8.23. The van der Waals surface area contributed by atoms with Crippen molar-refractivity contribution in [2.24, 2.45) is 0 Å². The summed E-state index contributed by atoms with van der Waals surface area (Å²) >= 11 is 0. The number of ether oxygens (including phenoxy) is 1. The van der Waals surface area contributed by atoms with Crippen molar-refractivity contribution >= 4 is 11.0 Å². The first-order valence-electron chi connectivity index (χ1n) is 9.31. The summed E-state index contributed by atoms with van der Waals surface area (Å²) in [5.41, 5.74) is -2.84. The van der Waals surface area contributed by atoms with Crippen LogP contribution in [0.5, 0.6) is 0 Å². The quantitative estimate of drug-likeness (QED) is 0.541. The number of fused-ring (bicyclic) bond motifs is 1. The molecular weight excluding hydrogens is 422 g/mol. The first kappa shape index (κ1) is 21.6. The Balaban J connectivity index is 1.71. The molecule has 0 spiro atoms. The summed E-state index contributed by atoms with van der Waals surface area (Å²) in [6.45, 7) is 2.96. The molecule has 0 amide bonds. The maximum absolute atomic E-state index is 13.6. The number of hydrogen-bond acceptors (Lipinski definition) is 6. The Bertz CT molecular complexity index is 1130. The summed E-state index contributed by atoms with van der Waals surface area (Å²) in [6.07, 6.45) is -8.14. The number of benzene rings is 1. The first-order valence-corrected chi connectivity index (χ1v) is 9.31. The van der Waals surface area contributed by atoms with E-state index >= 15 is 0 Å². The smallest absolute Gasteiger partial charge is 0.386 e. The molecule has 4 rings (SSSR count). The van der Waals surface area contributed by atoms with Gasteiger partial charge in [0.1, 0.15) is 41.7 Å². The van der Waals surface area contributed by atoms with Crippen LogP contribution < -0.4 is 0 Å². The average Bonchev–Trinajstić information content (AvgIpc) is 3.21. The first-order chi connectivity index (χ1) is 14.4. The molecule has 1 saturated heterocycles. The monoisotopic (exact) mass is 441 g/mol. The number of hydrogen-bond donors (Lipinski definition) is 3. The second-order valence-corrected chi connectivity index (χ2v) is 7.72. The van der Waals surface area contributed by atoms with E-state index in [0.717, 1.165) is 6.07 Å². The van der Waals surface area contributed by atoms with Gasteiger partial charge in [0.05, 0.1) is 11.3 Å². The van der Waals surface area contributed by atoms with Gasteiger partial charge in [0.2, 0.25) is 0 Å². The minimum absolute atomic E-state index is 0.317. The fourth-order valence-corrected chi connectivity index (χ4v) is 3.85. The Hall–Kier alpha value is -2.60. The third-order valence-corrected chi connectivity index (χ3v) is 5.64. The topological polar surface area (TPSA) is 101 Å². The molecule has 0 saturated carbocycles. The lowest BCUT2D eigenvalue weighted by atomic mass is 9.88. The van der Waals surface area contributed by atoms with E-state index in [0.29, 0.717) is 28.9 Å².